The summed E-state index contributed by atoms with van der Waals surface area (Å²) in [4.78, 5) is 98.2. The number of nitrogens with zero attached hydrogens (tertiary/aromatic N) is 1. The number of likely N-dealkylation sites (tertiary alicyclic amines) is 1. The first-order chi connectivity index (χ1) is 28.2. The van der Waals surface area contributed by atoms with Crippen LogP contribution in [-0.2, 0) is 46.4 Å². The fourth-order valence-electron chi connectivity index (χ4n) is 7.11. The van der Waals surface area contributed by atoms with E-state index in [1.165, 1.54) is 16.7 Å². The maximum Gasteiger partial charge on any atom is 0.256 e. The molecule has 3 aromatic rings. The molecular formula is C41H58N10O7S. The summed E-state index contributed by atoms with van der Waals surface area (Å²) in [7, 11) is 0. The van der Waals surface area contributed by atoms with Gasteiger partial charge in [-0.05, 0) is 67.2 Å². The molecule has 17 nitrogen and oxygen atoms in total. The van der Waals surface area contributed by atoms with Crippen molar-refractivity contribution in [2.24, 2.45) is 23.2 Å². The lowest BCUT2D eigenvalue weighted by Crippen LogP contribution is -2.60. The number of carbonyl (C=O) groups is 7. The lowest BCUT2D eigenvalue weighted by atomic mass is 10.0. The largest absolute Gasteiger partial charge is 0.370 e. The molecule has 6 atom stereocenters. The molecule has 4 rings (SSSR count). The van der Waals surface area contributed by atoms with E-state index in [4.69, 9.17) is 17.3 Å². The summed E-state index contributed by atoms with van der Waals surface area (Å²) < 4.78 is 0. The number of aromatic amines is 1. The molecule has 0 aliphatic carbocycles. The van der Waals surface area contributed by atoms with Gasteiger partial charge in [0, 0.05) is 42.9 Å². The highest BCUT2D eigenvalue weighted by Gasteiger charge is 2.40. The second-order valence-corrected chi connectivity index (χ2v) is 16.2. The Hall–Kier alpha value is -5.46. The van der Waals surface area contributed by atoms with Crippen LogP contribution in [0, 0.1) is 5.92 Å². The Labute approximate surface area is 348 Å². The average molecular weight is 835 g/mol. The first-order valence-electron chi connectivity index (χ1n) is 19.9. The van der Waals surface area contributed by atoms with Crippen LogP contribution in [0.4, 0.5) is 0 Å². The van der Waals surface area contributed by atoms with Crippen LogP contribution in [0.3, 0.4) is 0 Å². The molecular weight excluding hydrogens is 777 g/mol. The zero-order valence-corrected chi connectivity index (χ0v) is 34.6. The van der Waals surface area contributed by atoms with Gasteiger partial charge in [-0.1, -0.05) is 62.4 Å². The van der Waals surface area contributed by atoms with Gasteiger partial charge in [-0.3, -0.25) is 39.0 Å². The van der Waals surface area contributed by atoms with Crippen molar-refractivity contribution in [1.82, 2.24) is 36.6 Å². The number of nitrogens with one attached hydrogen (secondary N) is 6. The minimum absolute atomic E-state index is 0.0128. The number of para-hydroxylation sites is 1. The third kappa shape index (κ3) is 13.5. The smallest absolute Gasteiger partial charge is 0.256 e. The number of hydrogen-bond donors (Lipinski definition) is 9. The molecule has 1 aromatic heterocycles. The van der Waals surface area contributed by atoms with E-state index >= 15 is 0 Å². The number of rotatable bonds is 22. The van der Waals surface area contributed by atoms with Crippen LogP contribution in [0.2, 0.25) is 0 Å². The maximum absolute atomic E-state index is 14.6. The van der Waals surface area contributed by atoms with Crippen molar-refractivity contribution >= 4 is 64.0 Å². The van der Waals surface area contributed by atoms with Crippen molar-refractivity contribution in [2.75, 3.05) is 18.6 Å². The molecule has 0 saturated carbocycles. The number of amides is 7. The Morgan fingerprint density at radius 3 is 2.15 bits per heavy atom. The Bertz CT molecular complexity index is 1930. The maximum atomic E-state index is 14.6. The fourth-order valence-corrected chi connectivity index (χ4v) is 7.58. The zero-order valence-electron chi connectivity index (χ0n) is 33.8. The molecule has 1 aliphatic rings. The molecule has 0 spiro atoms. The summed E-state index contributed by atoms with van der Waals surface area (Å²) in [6.07, 6.45) is 4.97. The van der Waals surface area contributed by atoms with Gasteiger partial charge in [0.25, 0.3) is 5.91 Å². The van der Waals surface area contributed by atoms with Gasteiger partial charge >= 0.3 is 0 Å². The van der Waals surface area contributed by atoms with Gasteiger partial charge in [-0.15, -0.1) is 0 Å². The molecule has 0 unspecified atom stereocenters. The molecule has 1 saturated heterocycles. The fraction of sp³-hybridized carbons (Fsp3) is 0.488. The Morgan fingerprint density at radius 1 is 0.814 bits per heavy atom. The van der Waals surface area contributed by atoms with Crippen LogP contribution in [-0.4, -0.2) is 106 Å². The van der Waals surface area contributed by atoms with Crippen molar-refractivity contribution in [3.8, 4) is 0 Å². The molecule has 320 valence electrons. The summed E-state index contributed by atoms with van der Waals surface area (Å²) in [5, 5.41) is 12.0. The number of hydrogen-bond acceptors (Lipinski definition) is 10. The molecule has 7 amide bonds. The molecule has 18 heteroatoms. The van der Waals surface area contributed by atoms with Gasteiger partial charge in [-0.25, -0.2) is 5.84 Å². The Kier molecular flexibility index (Phi) is 17.7. The number of nitrogens with two attached hydrogens (primary N) is 3. The van der Waals surface area contributed by atoms with Gasteiger partial charge in [0.05, 0.1) is 6.04 Å². The van der Waals surface area contributed by atoms with Crippen LogP contribution in [0.1, 0.15) is 63.5 Å². The standard InChI is InChI=1S/C41H58N10O7S/c1-24(2)20-31(37(54)46-30(17-19-59-3)39(56)50-44)48-40(57)34-14-9-18-51(34)41(58)33(21-25-10-5-4-6-11-25)49-38(55)32(47-36(53)28(42)15-16-35(43)52)22-26-23-45-29-13-8-7-12-27(26)29/h4-8,10-13,23-24,28,30-34,45H,9,14-22,42,44H2,1-3H3,(H2,43,52)(H,46,54)(H,47,53)(H,48,57)(H,49,55)(H,50,56)/t28-,30-,31-,32-,33-,34+/m0/s1. The summed E-state index contributed by atoms with van der Waals surface area (Å²) >= 11 is 1.50. The number of H-pyrrole nitrogens is 1. The van der Waals surface area contributed by atoms with E-state index in [1.807, 2.05) is 62.6 Å². The highest BCUT2D eigenvalue weighted by Crippen LogP contribution is 2.22. The van der Waals surface area contributed by atoms with Crippen LogP contribution in [0.5, 0.6) is 0 Å². The lowest BCUT2D eigenvalue weighted by molar-refractivity contribution is -0.142. The Balaban J connectivity index is 1.59. The zero-order chi connectivity index (χ0) is 43.1. The quantitative estimate of drug-likeness (QED) is 0.0379. The highest BCUT2D eigenvalue weighted by molar-refractivity contribution is 7.98. The van der Waals surface area contributed by atoms with E-state index in [0.717, 1.165) is 22.0 Å². The normalized spacial score (nSPS) is 16.4. The summed E-state index contributed by atoms with van der Waals surface area (Å²) in [6.45, 7) is 4.02. The molecule has 1 fully saturated rings. The molecule has 0 bridgehead atoms. The third-order valence-corrected chi connectivity index (χ3v) is 10.9. The van der Waals surface area contributed by atoms with Gasteiger partial charge in [0.1, 0.15) is 30.2 Å². The second kappa shape index (κ2) is 22.6. The molecule has 2 heterocycles. The third-order valence-electron chi connectivity index (χ3n) is 10.2. The van der Waals surface area contributed by atoms with Crippen LogP contribution in [0.15, 0.2) is 60.8 Å². The van der Waals surface area contributed by atoms with E-state index in [1.54, 1.807) is 18.3 Å². The minimum atomic E-state index is -1.19. The molecule has 1 aliphatic heterocycles. The SMILES string of the molecule is CSCC[C@H](NC(=O)[C@H](CC(C)C)NC(=O)[C@H]1CCCN1C(=O)[C@H](Cc1ccccc1)NC(=O)[C@H](Cc1c[nH]c2ccccc12)NC(=O)[C@@H](N)CCC(N)=O)C(=O)NN. The summed E-state index contributed by atoms with van der Waals surface area (Å²) in [5.74, 6) is 1.82. The number of benzene rings is 2. The average Bonchev–Trinajstić information content (AvgIpc) is 3.88. The van der Waals surface area contributed by atoms with E-state index in [0.29, 0.717) is 25.0 Å². The van der Waals surface area contributed by atoms with Gasteiger partial charge in [0.15, 0.2) is 0 Å². The molecule has 12 N–H and O–H groups in total. The van der Waals surface area contributed by atoms with E-state index in [-0.39, 0.29) is 44.6 Å². The number of carbonyl (C=O) groups excluding carboxylic acids is 7. The predicted octanol–water partition coefficient (Wildman–Crippen LogP) is 0.265. The summed E-state index contributed by atoms with van der Waals surface area (Å²) in [5.41, 5.74) is 15.7. The topological polar surface area (TPSA) is 277 Å². The first-order valence-corrected chi connectivity index (χ1v) is 21.3. The molecule has 59 heavy (non-hydrogen) atoms. The van der Waals surface area contributed by atoms with Crippen LogP contribution >= 0.6 is 11.8 Å². The van der Waals surface area contributed by atoms with E-state index in [2.05, 4.69) is 31.7 Å². The van der Waals surface area contributed by atoms with Crippen molar-refractivity contribution in [3.63, 3.8) is 0 Å². The van der Waals surface area contributed by atoms with Gasteiger partial charge in [0.2, 0.25) is 35.4 Å². The summed E-state index contributed by atoms with van der Waals surface area (Å²) in [6, 6.07) is 10.2. The van der Waals surface area contributed by atoms with Crippen molar-refractivity contribution in [3.05, 3.63) is 71.9 Å². The highest BCUT2D eigenvalue weighted by atomic mass is 32.2. The Morgan fingerprint density at radius 2 is 1.47 bits per heavy atom. The second-order valence-electron chi connectivity index (χ2n) is 15.2. The number of primary amides is 1. The van der Waals surface area contributed by atoms with Gasteiger partial charge in [-0.2, -0.15) is 11.8 Å². The van der Waals surface area contributed by atoms with E-state index in [9.17, 15) is 33.6 Å². The van der Waals surface area contributed by atoms with Crippen molar-refractivity contribution in [2.45, 2.75) is 101 Å². The van der Waals surface area contributed by atoms with E-state index < -0.39 is 77.6 Å². The molecule has 2 aromatic carbocycles. The number of aromatic nitrogens is 1. The minimum Gasteiger partial charge on any atom is -0.370 e. The van der Waals surface area contributed by atoms with Crippen molar-refractivity contribution < 1.29 is 33.6 Å². The number of thioether (sulfide) groups is 1. The van der Waals surface area contributed by atoms with Gasteiger partial charge < -0.3 is 42.6 Å². The number of fused-ring (bicyclic) bond motifs is 1. The predicted molar refractivity (Wildman–Crippen MR) is 226 cm³/mol. The van der Waals surface area contributed by atoms with Crippen LogP contribution < -0.4 is 44.0 Å². The monoisotopic (exact) mass is 834 g/mol. The number of hydrazine groups is 1. The lowest BCUT2D eigenvalue weighted by Gasteiger charge is -2.31. The first kappa shape index (κ1) is 46.2. The van der Waals surface area contributed by atoms with Crippen molar-refractivity contribution in [1.29, 1.82) is 0 Å². The van der Waals surface area contributed by atoms with Crippen LogP contribution in [0.25, 0.3) is 10.9 Å². The molecule has 0 radical (unpaired) electrons.